The van der Waals surface area contributed by atoms with Gasteiger partial charge in [-0.1, -0.05) is 19.1 Å². The molecular formula is C15H23NO2. The Hall–Kier alpha value is -0.380. The SMILES string of the molecule is COC1(OC)[C@@H]2C=C[C@@]13C[C@@H]1CN(C[C@@H]1C)[C@@H]3C2. The largest absolute Gasteiger partial charge is 0.352 e. The molecule has 0 amide bonds. The van der Waals surface area contributed by atoms with E-state index in [1.165, 1.54) is 25.9 Å². The molecule has 1 unspecified atom stereocenters. The van der Waals surface area contributed by atoms with Crippen molar-refractivity contribution in [2.75, 3.05) is 27.3 Å². The molecule has 3 fully saturated rings. The summed E-state index contributed by atoms with van der Waals surface area (Å²) in [6.07, 6.45) is 7.22. The van der Waals surface area contributed by atoms with Gasteiger partial charge in [-0.05, 0) is 24.7 Å². The summed E-state index contributed by atoms with van der Waals surface area (Å²) in [5.74, 6) is 1.68. The Labute approximate surface area is 109 Å². The van der Waals surface area contributed by atoms with Crippen LogP contribution in [0.4, 0.5) is 0 Å². The number of ether oxygens (including phenoxy) is 2. The number of fused-ring (bicyclic) bond motifs is 4. The second kappa shape index (κ2) is 3.38. The van der Waals surface area contributed by atoms with E-state index >= 15 is 0 Å². The fourth-order valence-corrected chi connectivity index (χ4v) is 5.52. The van der Waals surface area contributed by atoms with E-state index in [2.05, 4.69) is 24.0 Å². The Bertz CT molecular complexity index is 401. The summed E-state index contributed by atoms with van der Waals surface area (Å²) in [5.41, 5.74) is 0.106. The Morgan fingerprint density at radius 1 is 1.22 bits per heavy atom. The van der Waals surface area contributed by atoms with Gasteiger partial charge in [0.25, 0.3) is 0 Å². The lowest BCUT2D eigenvalue weighted by Crippen LogP contribution is -2.57. The molecule has 3 nitrogen and oxygen atoms in total. The van der Waals surface area contributed by atoms with Crippen LogP contribution in [0.15, 0.2) is 12.2 Å². The first-order valence-corrected chi connectivity index (χ1v) is 7.20. The van der Waals surface area contributed by atoms with Crippen LogP contribution in [0, 0.1) is 23.2 Å². The molecule has 100 valence electrons. The first-order valence-electron chi connectivity index (χ1n) is 7.20. The van der Waals surface area contributed by atoms with Crippen LogP contribution in [0.3, 0.4) is 0 Å². The highest BCUT2D eigenvalue weighted by atomic mass is 16.7. The van der Waals surface area contributed by atoms with Crippen LogP contribution >= 0.6 is 0 Å². The summed E-state index contributed by atoms with van der Waals surface area (Å²) >= 11 is 0. The van der Waals surface area contributed by atoms with Crippen molar-refractivity contribution in [2.45, 2.75) is 31.6 Å². The molecule has 6 atom stereocenters. The molecule has 0 aromatic carbocycles. The second-order valence-corrected chi connectivity index (χ2v) is 6.73. The van der Waals surface area contributed by atoms with E-state index in [4.69, 9.17) is 9.47 Å². The second-order valence-electron chi connectivity index (χ2n) is 6.73. The van der Waals surface area contributed by atoms with Crippen molar-refractivity contribution in [2.24, 2.45) is 23.2 Å². The minimum atomic E-state index is -0.390. The molecule has 4 bridgehead atoms. The summed E-state index contributed by atoms with van der Waals surface area (Å²) in [5, 5.41) is 0. The van der Waals surface area contributed by atoms with Crippen molar-refractivity contribution in [1.29, 1.82) is 0 Å². The average molecular weight is 249 g/mol. The number of nitrogens with zero attached hydrogens (tertiary/aromatic N) is 1. The van der Waals surface area contributed by atoms with Crippen molar-refractivity contribution in [1.82, 2.24) is 4.90 Å². The Balaban J connectivity index is 1.82. The van der Waals surface area contributed by atoms with Gasteiger partial charge in [0.05, 0.1) is 5.41 Å². The lowest BCUT2D eigenvalue weighted by Gasteiger charge is -2.49. The predicted molar refractivity (Wildman–Crippen MR) is 69.1 cm³/mol. The third-order valence-corrected chi connectivity index (χ3v) is 6.28. The van der Waals surface area contributed by atoms with Crippen LogP contribution in [-0.4, -0.2) is 44.0 Å². The summed E-state index contributed by atoms with van der Waals surface area (Å²) in [6, 6.07) is 0.633. The number of hydrogen-bond acceptors (Lipinski definition) is 3. The molecule has 0 N–H and O–H groups in total. The van der Waals surface area contributed by atoms with Gasteiger partial charge in [-0.2, -0.15) is 0 Å². The molecule has 2 aliphatic heterocycles. The lowest BCUT2D eigenvalue weighted by molar-refractivity contribution is -0.269. The molecule has 2 heterocycles. The van der Waals surface area contributed by atoms with E-state index in [0.717, 1.165) is 11.8 Å². The van der Waals surface area contributed by atoms with Crippen LogP contribution in [0.2, 0.25) is 0 Å². The molecule has 2 saturated heterocycles. The zero-order chi connectivity index (χ0) is 12.5. The van der Waals surface area contributed by atoms with Crippen LogP contribution in [0.5, 0.6) is 0 Å². The van der Waals surface area contributed by atoms with Crippen molar-refractivity contribution < 1.29 is 9.47 Å². The van der Waals surface area contributed by atoms with E-state index in [-0.39, 0.29) is 5.41 Å². The van der Waals surface area contributed by atoms with E-state index in [0.29, 0.717) is 12.0 Å². The monoisotopic (exact) mass is 249 g/mol. The van der Waals surface area contributed by atoms with Crippen LogP contribution < -0.4 is 0 Å². The van der Waals surface area contributed by atoms with Gasteiger partial charge >= 0.3 is 0 Å². The number of hydrogen-bond donors (Lipinski definition) is 0. The van der Waals surface area contributed by atoms with E-state index in [9.17, 15) is 0 Å². The lowest BCUT2D eigenvalue weighted by atomic mass is 9.69. The summed E-state index contributed by atoms with van der Waals surface area (Å²) in [7, 11) is 3.64. The molecule has 4 rings (SSSR count). The maximum atomic E-state index is 5.94. The molecule has 0 aromatic rings. The van der Waals surface area contributed by atoms with Gasteiger partial charge in [0.2, 0.25) is 0 Å². The highest BCUT2D eigenvalue weighted by Crippen LogP contribution is 2.66. The van der Waals surface area contributed by atoms with Gasteiger partial charge in [0, 0.05) is 39.3 Å². The minimum Gasteiger partial charge on any atom is -0.352 e. The predicted octanol–water partition coefficient (Wildman–Crippen LogP) is 1.89. The van der Waals surface area contributed by atoms with Crippen molar-refractivity contribution in [3.63, 3.8) is 0 Å². The van der Waals surface area contributed by atoms with Gasteiger partial charge in [0.1, 0.15) is 0 Å². The zero-order valence-electron chi connectivity index (χ0n) is 11.6. The molecule has 3 heteroatoms. The first kappa shape index (κ1) is 11.4. The standard InChI is InChI=1S/C15H23NO2/c1-10-8-16-9-11(10)7-14-5-4-12(6-13(14)16)15(14,17-2)18-3/h4-5,10-13H,6-9H2,1-3H3/t10-,11+,12+,13+,14-/m0/s1. The normalized spacial score (nSPS) is 54.9. The fourth-order valence-electron chi connectivity index (χ4n) is 5.52. The fraction of sp³-hybridized carbons (Fsp3) is 0.867. The van der Waals surface area contributed by atoms with Crippen LogP contribution in [0.25, 0.3) is 0 Å². The molecule has 2 aliphatic carbocycles. The number of methoxy groups -OCH3 is 2. The van der Waals surface area contributed by atoms with Crippen molar-refractivity contribution in [3.05, 3.63) is 12.2 Å². The maximum absolute atomic E-state index is 5.94. The Kier molecular flexibility index (Phi) is 2.15. The van der Waals surface area contributed by atoms with E-state index in [1.807, 2.05) is 14.2 Å². The molecule has 0 aromatic heterocycles. The van der Waals surface area contributed by atoms with E-state index in [1.54, 1.807) is 0 Å². The molecule has 4 aliphatic rings. The van der Waals surface area contributed by atoms with Gasteiger partial charge in [-0.15, -0.1) is 0 Å². The van der Waals surface area contributed by atoms with Gasteiger partial charge in [-0.25, -0.2) is 0 Å². The topological polar surface area (TPSA) is 21.7 Å². The molecule has 18 heavy (non-hydrogen) atoms. The third kappa shape index (κ3) is 1.01. The number of rotatable bonds is 2. The summed E-state index contributed by atoms with van der Waals surface area (Å²) in [6.45, 7) is 4.96. The molecule has 0 radical (unpaired) electrons. The third-order valence-electron chi connectivity index (χ3n) is 6.28. The quantitative estimate of drug-likeness (QED) is 0.551. The summed E-state index contributed by atoms with van der Waals surface area (Å²) in [4.78, 5) is 2.70. The molecular weight excluding hydrogens is 226 g/mol. The number of piperidine rings is 1. The minimum absolute atomic E-state index is 0.106. The highest BCUT2D eigenvalue weighted by molar-refractivity contribution is 5.32. The maximum Gasteiger partial charge on any atom is 0.184 e. The van der Waals surface area contributed by atoms with Gasteiger partial charge in [-0.3, -0.25) is 4.90 Å². The Morgan fingerprint density at radius 2 is 2.00 bits per heavy atom. The smallest absolute Gasteiger partial charge is 0.184 e. The van der Waals surface area contributed by atoms with Gasteiger partial charge < -0.3 is 9.47 Å². The highest BCUT2D eigenvalue weighted by Gasteiger charge is 2.71. The summed E-state index contributed by atoms with van der Waals surface area (Å²) < 4.78 is 11.9. The van der Waals surface area contributed by atoms with E-state index < -0.39 is 5.79 Å². The van der Waals surface area contributed by atoms with Crippen molar-refractivity contribution >= 4 is 0 Å². The van der Waals surface area contributed by atoms with Crippen molar-refractivity contribution in [3.8, 4) is 0 Å². The van der Waals surface area contributed by atoms with Gasteiger partial charge in [0.15, 0.2) is 5.79 Å². The van der Waals surface area contributed by atoms with Crippen LogP contribution in [-0.2, 0) is 9.47 Å². The zero-order valence-corrected chi connectivity index (χ0v) is 11.6. The molecule has 1 saturated carbocycles. The average Bonchev–Trinajstić information content (AvgIpc) is 2.95. The Morgan fingerprint density at radius 3 is 2.72 bits per heavy atom. The first-order chi connectivity index (χ1) is 8.67. The van der Waals surface area contributed by atoms with Crippen LogP contribution in [0.1, 0.15) is 19.8 Å². The molecule has 1 spiro atoms.